The molecule has 0 bridgehead atoms. The van der Waals surface area contributed by atoms with Gasteiger partial charge in [0.05, 0.1) is 13.0 Å². The number of carbonyl (C=O) groups is 2. The van der Waals surface area contributed by atoms with Gasteiger partial charge < -0.3 is 15.0 Å². The predicted octanol–water partition coefficient (Wildman–Crippen LogP) is 2.97. The molecule has 2 heterocycles. The Morgan fingerprint density at radius 1 is 1.23 bits per heavy atom. The number of rotatable bonds is 7. The number of methoxy groups -OCH3 is 1. The monoisotopic (exact) mass is 407 g/mol. The summed E-state index contributed by atoms with van der Waals surface area (Å²) in [7, 11) is 1.64. The van der Waals surface area contributed by atoms with Crippen molar-refractivity contribution >= 4 is 11.8 Å². The van der Waals surface area contributed by atoms with E-state index in [1.165, 1.54) is 0 Å². The Morgan fingerprint density at radius 3 is 2.77 bits per heavy atom. The van der Waals surface area contributed by atoms with Gasteiger partial charge in [-0.15, -0.1) is 0 Å². The van der Waals surface area contributed by atoms with Gasteiger partial charge in [-0.3, -0.25) is 14.6 Å². The lowest BCUT2D eigenvalue weighted by Crippen LogP contribution is -2.45. The molecule has 1 aromatic heterocycles. The first kappa shape index (κ1) is 20.4. The number of aryl methyl sites for hydroxylation is 1. The predicted molar refractivity (Wildman–Crippen MR) is 114 cm³/mol. The standard InChI is InChI=1S/C24H29N3O3/c1-30-20-7-2-5-18(13-20)8-9-22(28)27-16-21(24(17-27)10-4-11-24)23(29)26-15-19-6-3-12-25-14-19/h2-3,5-7,12-14,21H,4,8-11,15-17H2,1H3,(H,26,29). The fraction of sp³-hybridized carbons (Fsp3) is 0.458. The summed E-state index contributed by atoms with van der Waals surface area (Å²) in [5.41, 5.74) is 2.04. The van der Waals surface area contributed by atoms with Crippen molar-refractivity contribution in [3.8, 4) is 5.75 Å². The molecule has 0 radical (unpaired) electrons. The molecule has 30 heavy (non-hydrogen) atoms. The largest absolute Gasteiger partial charge is 0.497 e. The zero-order valence-corrected chi connectivity index (χ0v) is 17.5. The average Bonchev–Trinajstić information content (AvgIpc) is 3.18. The van der Waals surface area contributed by atoms with Crippen LogP contribution in [0.4, 0.5) is 0 Å². The van der Waals surface area contributed by atoms with Crippen LogP contribution in [-0.4, -0.2) is 41.9 Å². The van der Waals surface area contributed by atoms with Crippen LogP contribution in [0.3, 0.4) is 0 Å². The average molecular weight is 408 g/mol. The van der Waals surface area contributed by atoms with E-state index in [4.69, 9.17) is 4.74 Å². The Balaban J connectivity index is 1.35. The smallest absolute Gasteiger partial charge is 0.225 e. The topological polar surface area (TPSA) is 71.5 Å². The van der Waals surface area contributed by atoms with Crippen LogP contribution in [0.1, 0.15) is 36.8 Å². The molecule has 1 spiro atoms. The van der Waals surface area contributed by atoms with E-state index in [9.17, 15) is 9.59 Å². The zero-order valence-electron chi connectivity index (χ0n) is 17.5. The van der Waals surface area contributed by atoms with Crippen molar-refractivity contribution in [1.29, 1.82) is 0 Å². The maximum absolute atomic E-state index is 13.0. The summed E-state index contributed by atoms with van der Waals surface area (Å²) in [6.45, 7) is 1.70. The molecule has 1 atom stereocenters. The second-order valence-corrected chi connectivity index (χ2v) is 8.47. The lowest BCUT2D eigenvalue weighted by molar-refractivity contribution is -0.130. The Kier molecular flexibility index (Phi) is 6.02. The maximum Gasteiger partial charge on any atom is 0.225 e. The Morgan fingerprint density at radius 2 is 2.07 bits per heavy atom. The van der Waals surface area contributed by atoms with Crippen molar-refractivity contribution in [2.24, 2.45) is 11.3 Å². The van der Waals surface area contributed by atoms with Gasteiger partial charge in [0.2, 0.25) is 11.8 Å². The first-order valence-corrected chi connectivity index (χ1v) is 10.7. The third-order valence-electron chi connectivity index (χ3n) is 6.62. The third-order valence-corrected chi connectivity index (χ3v) is 6.62. The molecule has 1 unspecified atom stereocenters. The van der Waals surface area contributed by atoms with E-state index in [2.05, 4.69) is 10.3 Å². The molecule has 2 aromatic rings. The number of amides is 2. The molecule has 1 aromatic carbocycles. The van der Waals surface area contributed by atoms with Gasteiger partial charge in [-0.2, -0.15) is 0 Å². The minimum atomic E-state index is -0.122. The first-order valence-electron chi connectivity index (χ1n) is 10.7. The van der Waals surface area contributed by atoms with Gasteiger partial charge >= 0.3 is 0 Å². The fourth-order valence-electron chi connectivity index (χ4n) is 4.71. The SMILES string of the molecule is COc1cccc(CCC(=O)N2CC(C(=O)NCc3cccnc3)C3(CCC3)C2)c1. The summed E-state index contributed by atoms with van der Waals surface area (Å²) in [5.74, 6) is 0.872. The number of hydrogen-bond donors (Lipinski definition) is 1. The van der Waals surface area contributed by atoms with Gasteiger partial charge in [-0.05, 0) is 48.6 Å². The summed E-state index contributed by atoms with van der Waals surface area (Å²) in [6, 6.07) is 11.7. The molecule has 1 N–H and O–H groups in total. The number of aromatic nitrogens is 1. The second-order valence-electron chi connectivity index (χ2n) is 8.47. The van der Waals surface area contributed by atoms with Crippen molar-refractivity contribution in [2.45, 2.75) is 38.6 Å². The zero-order chi connectivity index (χ0) is 21.0. The van der Waals surface area contributed by atoms with Crippen molar-refractivity contribution in [2.75, 3.05) is 20.2 Å². The lowest BCUT2D eigenvalue weighted by atomic mass is 9.62. The fourth-order valence-corrected chi connectivity index (χ4v) is 4.71. The van der Waals surface area contributed by atoms with Crippen LogP contribution in [-0.2, 0) is 22.6 Å². The Labute approximate surface area is 177 Å². The molecule has 158 valence electrons. The van der Waals surface area contributed by atoms with Crippen molar-refractivity contribution < 1.29 is 14.3 Å². The number of nitrogens with one attached hydrogen (secondary N) is 1. The molecule has 2 aliphatic rings. The summed E-state index contributed by atoms with van der Waals surface area (Å²) < 4.78 is 5.26. The number of benzene rings is 1. The number of nitrogens with zero attached hydrogens (tertiary/aromatic N) is 2. The molecule has 2 amide bonds. The highest BCUT2D eigenvalue weighted by Gasteiger charge is 2.54. The highest BCUT2D eigenvalue weighted by Crippen LogP contribution is 2.51. The third kappa shape index (κ3) is 4.32. The molecule has 6 nitrogen and oxygen atoms in total. The molecule has 1 saturated heterocycles. The summed E-state index contributed by atoms with van der Waals surface area (Å²) in [5, 5.41) is 3.06. The summed E-state index contributed by atoms with van der Waals surface area (Å²) in [6.07, 6.45) is 7.81. The normalized spacial score (nSPS) is 19.4. The molecule has 1 saturated carbocycles. The molecular formula is C24H29N3O3. The highest BCUT2D eigenvalue weighted by atomic mass is 16.5. The Bertz CT molecular complexity index is 896. The van der Waals surface area contributed by atoms with Crippen LogP contribution in [0.5, 0.6) is 5.75 Å². The van der Waals surface area contributed by atoms with Gasteiger partial charge in [0.1, 0.15) is 5.75 Å². The van der Waals surface area contributed by atoms with Crippen molar-refractivity contribution in [3.05, 3.63) is 59.9 Å². The molecule has 1 aliphatic carbocycles. The van der Waals surface area contributed by atoms with Crippen molar-refractivity contribution in [3.63, 3.8) is 0 Å². The summed E-state index contributed by atoms with van der Waals surface area (Å²) >= 11 is 0. The van der Waals surface area contributed by atoms with E-state index in [0.29, 0.717) is 32.5 Å². The van der Waals surface area contributed by atoms with Crippen LogP contribution in [0, 0.1) is 11.3 Å². The van der Waals surface area contributed by atoms with Gasteiger partial charge in [-0.1, -0.05) is 24.6 Å². The van der Waals surface area contributed by atoms with Gasteiger partial charge in [-0.25, -0.2) is 0 Å². The lowest BCUT2D eigenvalue weighted by Gasteiger charge is -2.41. The van der Waals surface area contributed by atoms with Crippen LogP contribution in [0.15, 0.2) is 48.8 Å². The van der Waals surface area contributed by atoms with E-state index < -0.39 is 0 Å². The number of likely N-dealkylation sites (tertiary alicyclic amines) is 1. The van der Waals surface area contributed by atoms with Gasteiger partial charge in [0, 0.05) is 43.9 Å². The maximum atomic E-state index is 13.0. The van der Waals surface area contributed by atoms with E-state index in [0.717, 1.165) is 36.1 Å². The minimum absolute atomic E-state index is 0.0371. The van der Waals surface area contributed by atoms with Crippen molar-refractivity contribution in [1.82, 2.24) is 15.2 Å². The van der Waals surface area contributed by atoms with Gasteiger partial charge in [0.15, 0.2) is 0 Å². The van der Waals surface area contributed by atoms with E-state index in [-0.39, 0.29) is 23.1 Å². The van der Waals surface area contributed by atoms with E-state index in [1.807, 2.05) is 41.3 Å². The Hall–Kier alpha value is -2.89. The molecule has 1 aliphatic heterocycles. The van der Waals surface area contributed by atoms with Crippen LogP contribution >= 0.6 is 0 Å². The molecular weight excluding hydrogens is 378 g/mol. The van der Waals surface area contributed by atoms with Crippen LogP contribution < -0.4 is 10.1 Å². The van der Waals surface area contributed by atoms with Gasteiger partial charge in [0.25, 0.3) is 0 Å². The minimum Gasteiger partial charge on any atom is -0.497 e. The number of pyridine rings is 1. The van der Waals surface area contributed by atoms with E-state index in [1.54, 1.807) is 19.5 Å². The van der Waals surface area contributed by atoms with Crippen LogP contribution in [0.25, 0.3) is 0 Å². The first-order chi connectivity index (χ1) is 14.6. The molecule has 2 fully saturated rings. The number of carbonyl (C=O) groups excluding carboxylic acids is 2. The molecule has 6 heteroatoms. The van der Waals surface area contributed by atoms with E-state index >= 15 is 0 Å². The molecule has 4 rings (SSSR count). The second kappa shape index (κ2) is 8.86. The number of hydrogen-bond acceptors (Lipinski definition) is 4. The summed E-state index contributed by atoms with van der Waals surface area (Å²) in [4.78, 5) is 31.9. The highest BCUT2D eigenvalue weighted by molar-refractivity contribution is 5.83. The number of ether oxygens (including phenoxy) is 1. The quantitative estimate of drug-likeness (QED) is 0.766. The van der Waals surface area contributed by atoms with Crippen LogP contribution in [0.2, 0.25) is 0 Å².